The number of anilines is 1. The summed E-state index contributed by atoms with van der Waals surface area (Å²) < 4.78 is 8.24. The first kappa shape index (κ1) is 18.9. The van der Waals surface area contributed by atoms with Crippen LogP contribution >= 0.6 is 0 Å². The standard InChI is InChI=1S/C24H23N5O3/c25-23(31)21(13-5-6-13)27-15-10-18-22-19(11-15)32-8-2-7-29(22)24(28-18)17-4-1-3-14-9-16(30)12-26-20(14)17/h1,3-4,9-13,21,27,30H,2,5-8H2,(H2,25,31)/t21-/m0/s1. The van der Waals surface area contributed by atoms with Gasteiger partial charge in [-0.15, -0.1) is 0 Å². The number of carbonyl (C=O) groups is 1. The Morgan fingerprint density at radius 3 is 2.97 bits per heavy atom. The molecule has 1 aliphatic heterocycles. The van der Waals surface area contributed by atoms with Gasteiger partial charge in [0, 0.05) is 29.2 Å². The third kappa shape index (κ3) is 3.10. The lowest BCUT2D eigenvalue weighted by Gasteiger charge is -2.17. The van der Waals surface area contributed by atoms with Gasteiger partial charge in [-0.2, -0.15) is 0 Å². The molecule has 0 saturated heterocycles. The predicted molar refractivity (Wildman–Crippen MR) is 122 cm³/mol. The molecule has 2 aromatic heterocycles. The van der Waals surface area contributed by atoms with Crippen LogP contribution in [0.5, 0.6) is 11.5 Å². The average Bonchev–Trinajstić information content (AvgIpc) is 3.57. The lowest BCUT2D eigenvalue weighted by atomic mass is 10.1. The van der Waals surface area contributed by atoms with E-state index in [2.05, 4.69) is 14.9 Å². The molecule has 0 bridgehead atoms. The summed E-state index contributed by atoms with van der Waals surface area (Å²) in [7, 11) is 0. The fraction of sp³-hybridized carbons (Fsp3) is 0.292. The Hall–Kier alpha value is -3.81. The maximum absolute atomic E-state index is 11.9. The van der Waals surface area contributed by atoms with Crippen molar-refractivity contribution in [2.45, 2.75) is 31.8 Å². The molecular formula is C24H23N5O3. The highest BCUT2D eigenvalue weighted by Crippen LogP contribution is 2.39. The van der Waals surface area contributed by atoms with Gasteiger partial charge in [0.2, 0.25) is 5.91 Å². The fourth-order valence-corrected chi connectivity index (χ4v) is 4.61. The normalized spacial score (nSPS) is 16.5. The second kappa shape index (κ2) is 7.12. The minimum Gasteiger partial charge on any atom is -0.506 e. The maximum Gasteiger partial charge on any atom is 0.240 e. The van der Waals surface area contributed by atoms with Crippen molar-refractivity contribution in [3.63, 3.8) is 0 Å². The molecule has 8 heteroatoms. The fourth-order valence-electron chi connectivity index (χ4n) is 4.61. The number of rotatable bonds is 5. The zero-order valence-corrected chi connectivity index (χ0v) is 17.4. The molecule has 3 heterocycles. The molecule has 1 saturated carbocycles. The van der Waals surface area contributed by atoms with Crippen molar-refractivity contribution in [2.24, 2.45) is 11.7 Å². The number of para-hydroxylation sites is 1. The van der Waals surface area contributed by atoms with Crippen LogP contribution in [0.1, 0.15) is 19.3 Å². The number of benzene rings is 2. The third-order valence-electron chi connectivity index (χ3n) is 6.25. The highest BCUT2D eigenvalue weighted by atomic mass is 16.5. The number of imidazole rings is 1. The van der Waals surface area contributed by atoms with E-state index in [0.717, 1.165) is 70.6 Å². The van der Waals surface area contributed by atoms with Crippen LogP contribution in [0.25, 0.3) is 33.3 Å². The maximum atomic E-state index is 11.9. The first-order valence-corrected chi connectivity index (χ1v) is 10.9. The Bertz CT molecular complexity index is 1380. The molecule has 0 unspecified atom stereocenters. The van der Waals surface area contributed by atoms with E-state index in [4.69, 9.17) is 15.5 Å². The zero-order valence-electron chi connectivity index (χ0n) is 17.4. The van der Waals surface area contributed by atoms with Crippen LogP contribution < -0.4 is 15.8 Å². The van der Waals surface area contributed by atoms with Gasteiger partial charge in [-0.25, -0.2) is 4.98 Å². The molecule has 4 N–H and O–H groups in total. The van der Waals surface area contributed by atoms with E-state index < -0.39 is 0 Å². The molecule has 1 fully saturated rings. The van der Waals surface area contributed by atoms with Crippen LogP contribution in [-0.4, -0.2) is 38.2 Å². The zero-order chi connectivity index (χ0) is 21.8. The van der Waals surface area contributed by atoms with Gasteiger partial charge in [-0.3, -0.25) is 9.78 Å². The molecule has 1 aliphatic carbocycles. The van der Waals surface area contributed by atoms with Crippen molar-refractivity contribution >= 4 is 33.5 Å². The van der Waals surface area contributed by atoms with Gasteiger partial charge in [-0.1, -0.05) is 12.1 Å². The average molecular weight is 429 g/mol. The van der Waals surface area contributed by atoms with E-state index in [1.54, 1.807) is 6.07 Å². The summed E-state index contributed by atoms with van der Waals surface area (Å²) in [6.45, 7) is 1.37. The number of aryl methyl sites for hydroxylation is 1. The van der Waals surface area contributed by atoms with E-state index in [0.29, 0.717) is 6.61 Å². The molecule has 162 valence electrons. The topological polar surface area (TPSA) is 115 Å². The highest BCUT2D eigenvalue weighted by molar-refractivity contribution is 5.96. The molecule has 0 spiro atoms. The van der Waals surface area contributed by atoms with Crippen LogP contribution in [0.3, 0.4) is 0 Å². The highest BCUT2D eigenvalue weighted by Gasteiger charge is 2.35. The van der Waals surface area contributed by atoms with E-state index in [-0.39, 0.29) is 23.6 Å². The Kier molecular flexibility index (Phi) is 4.21. The minimum atomic E-state index is -0.387. The van der Waals surface area contributed by atoms with Gasteiger partial charge in [-0.05, 0) is 43.4 Å². The predicted octanol–water partition coefficient (Wildman–Crippen LogP) is 3.42. The van der Waals surface area contributed by atoms with Gasteiger partial charge >= 0.3 is 0 Å². The Morgan fingerprint density at radius 2 is 2.16 bits per heavy atom. The van der Waals surface area contributed by atoms with Crippen molar-refractivity contribution in [1.82, 2.24) is 14.5 Å². The largest absolute Gasteiger partial charge is 0.506 e. The molecule has 1 amide bonds. The van der Waals surface area contributed by atoms with Crippen LogP contribution in [0.4, 0.5) is 5.69 Å². The first-order valence-electron chi connectivity index (χ1n) is 10.9. The summed E-state index contributed by atoms with van der Waals surface area (Å²) in [6.07, 6.45) is 4.32. The molecule has 8 nitrogen and oxygen atoms in total. The molecule has 4 aromatic rings. The SMILES string of the molecule is NC(=O)[C@@H](Nc1cc2c3c(c1)nc(-c1cccc4cc(O)cnc14)n3CCCO2)C1CC1. The number of nitrogens with one attached hydrogen (secondary N) is 1. The second-order valence-electron chi connectivity index (χ2n) is 8.56. The number of nitrogens with two attached hydrogens (primary N) is 1. The number of amides is 1. The number of pyridine rings is 1. The molecule has 2 aliphatic rings. The number of carbonyl (C=O) groups excluding carboxylic acids is 1. The summed E-state index contributed by atoms with van der Waals surface area (Å²) in [5.74, 6) is 1.63. The number of primary amides is 1. The summed E-state index contributed by atoms with van der Waals surface area (Å²) in [5.41, 5.74) is 9.81. The number of nitrogens with zero attached hydrogens (tertiary/aromatic N) is 3. The van der Waals surface area contributed by atoms with Crippen molar-refractivity contribution in [3.8, 4) is 22.9 Å². The number of hydrogen-bond donors (Lipinski definition) is 3. The van der Waals surface area contributed by atoms with Crippen LogP contribution in [0.15, 0.2) is 42.6 Å². The van der Waals surface area contributed by atoms with Crippen molar-refractivity contribution in [2.75, 3.05) is 11.9 Å². The van der Waals surface area contributed by atoms with E-state index in [1.165, 1.54) is 6.20 Å². The van der Waals surface area contributed by atoms with Gasteiger partial charge in [0.25, 0.3) is 0 Å². The first-order chi connectivity index (χ1) is 15.6. The van der Waals surface area contributed by atoms with E-state index >= 15 is 0 Å². The number of hydrogen-bond acceptors (Lipinski definition) is 6. The summed E-state index contributed by atoms with van der Waals surface area (Å²) in [5, 5.41) is 14.0. The minimum absolute atomic E-state index is 0.132. The summed E-state index contributed by atoms with van der Waals surface area (Å²) >= 11 is 0. The number of aromatic hydroxyl groups is 1. The Balaban J connectivity index is 1.52. The molecule has 6 rings (SSSR count). The molecule has 0 radical (unpaired) electrons. The molecular weight excluding hydrogens is 406 g/mol. The van der Waals surface area contributed by atoms with Gasteiger partial charge in [0.15, 0.2) is 0 Å². The van der Waals surface area contributed by atoms with Crippen LogP contribution in [-0.2, 0) is 11.3 Å². The van der Waals surface area contributed by atoms with Gasteiger partial charge < -0.3 is 25.5 Å². The smallest absolute Gasteiger partial charge is 0.240 e. The van der Waals surface area contributed by atoms with E-state index in [9.17, 15) is 9.90 Å². The van der Waals surface area contributed by atoms with E-state index in [1.807, 2.05) is 30.3 Å². The van der Waals surface area contributed by atoms with Crippen molar-refractivity contribution in [1.29, 1.82) is 0 Å². The Morgan fingerprint density at radius 1 is 1.28 bits per heavy atom. The summed E-state index contributed by atoms with van der Waals surface area (Å²) in [6, 6.07) is 11.1. The number of fused-ring (bicyclic) bond motifs is 1. The molecule has 32 heavy (non-hydrogen) atoms. The number of ether oxygens (including phenoxy) is 1. The quantitative estimate of drug-likeness (QED) is 0.448. The second-order valence-corrected chi connectivity index (χ2v) is 8.56. The summed E-state index contributed by atoms with van der Waals surface area (Å²) in [4.78, 5) is 21.4. The van der Waals surface area contributed by atoms with Crippen molar-refractivity contribution in [3.05, 3.63) is 42.6 Å². The lowest BCUT2D eigenvalue weighted by Crippen LogP contribution is -2.37. The van der Waals surface area contributed by atoms with Crippen molar-refractivity contribution < 1.29 is 14.6 Å². The van der Waals surface area contributed by atoms with Gasteiger partial charge in [0.05, 0.1) is 23.8 Å². The monoisotopic (exact) mass is 429 g/mol. The van der Waals surface area contributed by atoms with Gasteiger partial charge in [0.1, 0.15) is 28.9 Å². The van der Waals surface area contributed by atoms with Crippen LogP contribution in [0.2, 0.25) is 0 Å². The molecule has 2 aromatic carbocycles. The van der Waals surface area contributed by atoms with Crippen LogP contribution in [0, 0.1) is 5.92 Å². The Labute approximate surface area is 184 Å². The third-order valence-corrected chi connectivity index (χ3v) is 6.25. The lowest BCUT2D eigenvalue weighted by molar-refractivity contribution is -0.119. The molecule has 1 atom stereocenters. The number of aromatic nitrogens is 3.